The Morgan fingerprint density at radius 2 is 1.72 bits per heavy atom. The normalized spacial score (nSPS) is 16.0. The Labute approximate surface area is 213 Å². The maximum atomic E-state index is 12.8. The minimum Gasteiger partial charge on any atom is -0.493 e. The number of methoxy groups -OCH3 is 1. The van der Waals surface area contributed by atoms with Crippen LogP contribution in [0, 0.1) is 6.92 Å². The van der Waals surface area contributed by atoms with E-state index in [1.165, 1.54) is 0 Å². The summed E-state index contributed by atoms with van der Waals surface area (Å²) in [7, 11) is -2.08. The summed E-state index contributed by atoms with van der Waals surface area (Å²) >= 11 is 0. The topological polar surface area (TPSA) is 88.1 Å². The summed E-state index contributed by atoms with van der Waals surface area (Å²) in [5.41, 5.74) is 1.21. The lowest BCUT2D eigenvalue weighted by atomic mass is 9.84. The number of nitrogens with one attached hydrogen (secondary N) is 1. The molecular weight excluding hydrogens is 476 g/mol. The van der Waals surface area contributed by atoms with Crippen LogP contribution in [0.4, 0.5) is 0 Å². The van der Waals surface area contributed by atoms with Gasteiger partial charge in [-0.25, -0.2) is 13.1 Å². The van der Waals surface area contributed by atoms with E-state index in [9.17, 15) is 13.5 Å². The predicted molar refractivity (Wildman–Crippen MR) is 140 cm³/mol. The third kappa shape index (κ3) is 5.90. The Balaban J connectivity index is 1.46. The Bertz CT molecular complexity index is 1300. The molecule has 0 bridgehead atoms. The maximum Gasteiger partial charge on any atom is 0.240 e. The minimum absolute atomic E-state index is 0.168. The Kier molecular flexibility index (Phi) is 8.00. The number of sulfonamides is 1. The van der Waals surface area contributed by atoms with Crippen molar-refractivity contribution in [3.63, 3.8) is 0 Å². The molecule has 3 aromatic rings. The van der Waals surface area contributed by atoms with Gasteiger partial charge in [0.25, 0.3) is 0 Å². The highest BCUT2D eigenvalue weighted by Crippen LogP contribution is 2.37. The first-order valence-electron chi connectivity index (χ1n) is 12.2. The molecule has 8 heteroatoms. The minimum atomic E-state index is -3.70. The van der Waals surface area contributed by atoms with E-state index in [0.29, 0.717) is 56.1 Å². The van der Waals surface area contributed by atoms with Gasteiger partial charge in [0.1, 0.15) is 5.75 Å². The van der Waals surface area contributed by atoms with E-state index >= 15 is 0 Å². The Morgan fingerprint density at radius 1 is 1.00 bits per heavy atom. The van der Waals surface area contributed by atoms with Crippen molar-refractivity contribution in [1.29, 1.82) is 0 Å². The standard InChI is InChI=1S/C28H34N2O5S/c1-4-29-36(32,33)27-18-21(2)12-13-24(27)28(31)14-16-30(17-15-28)20-22-8-7-9-23(19-22)35-26-11-6-5-10-25(26)34-3/h5-13,18-19,29,31H,4,14-17,20H2,1-3H3. The number of hydrogen-bond donors (Lipinski definition) is 2. The fourth-order valence-corrected chi connectivity index (χ4v) is 6.07. The van der Waals surface area contributed by atoms with Crippen molar-refractivity contribution in [2.24, 2.45) is 0 Å². The van der Waals surface area contributed by atoms with Crippen LogP contribution in [0.5, 0.6) is 17.2 Å². The van der Waals surface area contributed by atoms with Gasteiger partial charge in [-0.05, 0) is 61.2 Å². The van der Waals surface area contributed by atoms with E-state index in [2.05, 4.69) is 15.7 Å². The number of rotatable bonds is 9. The molecule has 0 atom stereocenters. The summed E-state index contributed by atoms with van der Waals surface area (Å²) in [6.45, 7) is 5.88. The van der Waals surface area contributed by atoms with Crippen LogP contribution in [0.2, 0.25) is 0 Å². The van der Waals surface area contributed by atoms with Crippen LogP contribution in [-0.4, -0.2) is 45.2 Å². The van der Waals surface area contributed by atoms with Gasteiger partial charge in [0.15, 0.2) is 11.5 Å². The molecule has 7 nitrogen and oxygen atoms in total. The molecule has 0 radical (unpaired) electrons. The number of nitrogens with zero attached hydrogens (tertiary/aromatic N) is 1. The molecule has 0 unspecified atom stereocenters. The number of para-hydroxylation sites is 2. The summed E-state index contributed by atoms with van der Waals surface area (Å²) in [5.74, 6) is 2.05. The molecule has 2 N–H and O–H groups in total. The molecule has 0 aliphatic carbocycles. The molecule has 0 amide bonds. The zero-order chi connectivity index (χ0) is 25.8. The van der Waals surface area contributed by atoms with E-state index in [0.717, 1.165) is 16.9 Å². The highest BCUT2D eigenvalue weighted by molar-refractivity contribution is 7.89. The smallest absolute Gasteiger partial charge is 0.240 e. The van der Waals surface area contributed by atoms with Gasteiger partial charge in [0.2, 0.25) is 10.0 Å². The summed E-state index contributed by atoms with van der Waals surface area (Å²) in [6.07, 6.45) is 0.893. The van der Waals surface area contributed by atoms with E-state index < -0.39 is 15.6 Å². The number of aryl methyl sites for hydroxylation is 1. The molecule has 3 aromatic carbocycles. The van der Waals surface area contributed by atoms with Crippen molar-refractivity contribution in [3.8, 4) is 17.2 Å². The van der Waals surface area contributed by atoms with Gasteiger partial charge in [-0.15, -0.1) is 0 Å². The van der Waals surface area contributed by atoms with Crippen LogP contribution >= 0.6 is 0 Å². The monoisotopic (exact) mass is 510 g/mol. The van der Waals surface area contributed by atoms with Gasteiger partial charge >= 0.3 is 0 Å². The summed E-state index contributed by atoms with van der Waals surface area (Å²) < 4.78 is 39.7. The largest absolute Gasteiger partial charge is 0.493 e. The first-order chi connectivity index (χ1) is 17.2. The van der Waals surface area contributed by atoms with Crippen molar-refractivity contribution in [1.82, 2.24) is 9.62 Å². The summed E-state index contributed by atoms with van der Waals surface area (Å²) in [5, 5.41) is 11.5. The van der Waals surface area contributed by atoms with Gasteiger partial charge in [0.05, 0.1) is 17.6 Å². The van der Waals surface area contributed by atoms with Gasteiger partial charge in [0, 0.05) is 31.7 Å². The molecule has 1 aliphatic heterocycles. The molecular formula is C28H34N2O5S. The number of hydrogen-bond acceptors (Lipinski definition) is 6. The predicted octanol–water partition coefficient (Wildman–Crippen LogP) is 4.58. The quantitative estimate of drug-likeness (QED) is 0.438. The van der Waals surface area contributed by atoms with Gasteiger partial charge < -0.3 is 14.6 Å². The van der Waals surface area contributed by atoms with Crippen LogP contribution in [0.1, 0.15) is 36.5 Å². The fourth-order valence-electron chi connectivity index (χ4n) is 4.65. The molecule has 0 aromatic heterocycles. The van der Waals surface area contributed by atoms with Crippen LogP contribution in [-0.2, 0) is 22.2 Å². The second-order valence-corrected chi connectivity index (χ2v) is 10.9. The second kappa shape index (κ2) is 11.0. The van der Waals surface area contributed by atoms with Crippen molar-refractivity contribution < 1.29 is 23.0 Å². The molecule has 4 rings (SSSR count). The zero-order valence-corrected chi connectivity index (χ0v) is 21.8. The summed E-state index contributed by atoms with van der Waals surface area (Å²) in [4.78, 5) is 2.44. The van der Waals surface area contributed by atoms with Crippen LogP contribution in [0.25, 0.3) is 0 Å². The Hall–Kier alpha value is -2.91. The third-order valence-electron chi connectivity index (χ3n) is 6.55. The molecule has 192 valence electrons. The highest BCUT2D eigenvalue weighted by atomic mass is 32.2. The maximum absolute atomic E-state index is 12.8. The van der Waals surface area contributed by atoms with E-state index in [4.69, 9.17) is 9.47 Å². The van der Waals surface area contributed by atoms with E-state index in [-0.39, 0.29) is 4.90 Å². The number of ether oxygens (including phenoxy) is 2. The van der Waals surface area contributed by atoms with E-state index in [1.54, 1.807) is 26.2 Å². The van der Waals surface area contributed by atoms with Crippen molar-refractivity contribution in [3.05, 3.63) is 83.4 Å². The van der Waals surface area contributed by atoms with Crippen LogP contribution in [0.3, 0.4) is 0 Å². The van der Waals surface area contributed by atoms with E-state index in [1.807, 2.05) is 55.5 Å². The zero-order valence-electron chi connectivity index (χ0n) is 21.0. The van der Waals surface area contributed by atoms with Crippen LogP contribution < -0.4 is 14.2 Å². The van der Waals surface area contributed by atoms with Crippen molar-refractivity contribution in [2.75, 3.05) is 26.7 Å². The first-order valence-corrected chi connectivity index (χ1v) is 13.7. The third-order valence-corrected chi connectivity index (χ3v) is 8.13. The molecule has 36 heavy (non-hydrogen) atoms. The number of likely N-dealkylation sites (tertiary alicyclic amines) is 1. The average Bonchev–Trinajstić information content (AvgIpc) is 2.86. The lowest BCUT2D eigenvalue weighted by molar-refractivity contribution is -0.0299. The lowest BCUT2D eigenvalue weighted by Gasteiger charge is -2.39. The number of piperidine rings is 1. The van der Waals surface area contributed by atoms with Crippen LogP contribution in [0.15, 0.2) is 71.6 Å². The van der Waals surface area contributed by atoms with Crippen molar-refractivity contribution in [2.45, 2.75) is 43.7 Å². The molecule has 1 heterocycles. The SMILES string of the molecule is CCNS(=O)(=O)c1cc(C)ccc1C1(O)CCN(Cc2cccc(Oc3ccccc3OC)c2)CC1. The van der Waals surface area contributed by atoms with Gasteiger partial charge in [-0.1, -0.05) is 43.3 Å². The number of benzene rings is 3. The summed E-state index contributed by atoms with van der Waals surface area (Å²) in [6, 6.07) is 20.7. The van der Waals surface area contributed by atoms with Crippen molar-refractivity contribution >= 4 is 10.0 Å². The lowest BCUT2D eigenvalue weighted by Crippen LogP contribution is -2.43. The molecule has 1 saturated heterocycles. The fraction of sp³-hybridized carbons (Fsp3) is 0.357. The molecule has 1 fully saturated rings. The number of aliphatic hydroxyl groups is 1. The van der Waals surface area contributed by atoms with Gasteiger partial charge in [-0.3, -0.25) is 4.90 Å². The van der Waals surface area contributed by atoms with Gasteiger partial charge in [-0.2, -0.15) is 0 Å². The Morgan fingerprint density at radius 3 is 2.42 bits per heavy atom. The average molecular weight is 511 g/mol. The molecule has 0 spiro atoms. The highest BCUT2D eigenvalue weighted by Gasteiger charge is 2.38. The molecule has 0 saturated carbocycles. The first kappa shape index (κ1) is 26.2. The molecule has 1 aliphatic rings. The second-order valence-electron chi connectivity index (χ2n) is 9.21.